The van der Waals surface area contributed by atoms with Crippen molar-refractivity contribution in [1.29, 1.82) is 0 Å². The molecule has 2 N–H and O–H groups in total. The van der Waals surface area contributed by atoms with Crippen LogP contribution in [0.2, 0.25) is 0 Å². The van der Waals surface area contributed by atoms with Crippen LogP contribution in [0.1, 0.15) is 22.7 Å². The van der Waals surface area contributed by atoms with Crippen LogP contribution in [0.15, 0.2) is 46.9 Å². The quantitative estimate of drug-likeness (QED) is 0.918. The predicted octanol–water partition coefficient (Wildman–Crippen LogP) is 3.30. The molecule has 1 amide bonds. The molecule has 0 spiro atoms. The largest absolute Gasteiger partial charge is 0.316 e. The molecule has 0 fully saturated rings. The number of rotatable bonds is 2. The third kappa shape index (κ3) is 2.25. The van der Waals surface area contributed by atoms with Gasteiger partial charge in [0.05, 0.1) is 12.2 Å². The van der Waals surface area contributed by atoms with E-state index in [0.717, 1.165) is 21.3 Å². The van der Waals surface area contributed by atoms with E-state index < -0.39 is 6.04 Å². The van der Waals surface area contributed by atoms with Gasteiger partial charge in [-0.15, -0.1) is 0 Å². The molecule has 1 aliphatic rings. The molecule has 1 atom stereocenters. The molecule has 2 aromatic rings. The first-order chi connectivity index (χ1) is 9.56. The van der Waals surface area contributed by atoms with Gasteiger partial charge in [-0.05, 0) is 24.6 Å². The van der Waals surface area contributed by atoms with Crippen molar-refractivity contribution in [2.45, 2.75) is 19.5 Å². The molecular weight excluding hydrogens is 316 g/mol. The van der Waals surface area contributed by atoms with Crippen molar-refractivity contribution in [1.82, 2.24) is 0 Å². The first-order valence-corrected chi connectivity index (χ1v) is 7.27. The first kappa shape index (κ1) is 13.3. The molecule has 1 unspecified atom stereocenters. The fourth-order valence-electron chi connectivity index (χ4n) is 2.47. The maximum absolute atomic E-state index is 12.3. The summed E-state index contributed by atoms with van der Waals surface area (Å²) in [5.74, 6) is -0.0429. The highest BCUT2D eigenvalue weighted by Gasteiger charge is 2.34. The van der Waals surface area contributed by atoms with Gasteiger partial charge in [-0.2, -0.15) is 0 Å². The van der Waals surface area contributed by atoms with E-state index >= 15 is 0 Å². The number of carbonyl (C=O) groups is 1. The Bertz CT molecular complexity index is 667. The number of fused-ring (bicyclic) bond motifs is 1. The summed E-state index contributed by atoms with van der Waals surface area (Å²) >= 11 is 3.45. The van der Waals surface area contributed by atoms with E-state index in [4.69, 9.17) is 5.73 Å². The van der Waals surface area contributed by atoms with Crippen molar-refractivity contribution in [3.8, 4) is 0 Å². The van der Waals surface area contributed by atoms with E-state index in [-0.39, 0.29) is 5.91 Å². The van der Waals surface area contributed by atoms with Crippen molar-refractivity contribution in [2.75, 3.05) is 4.90 Å². The molecule has 0 aromatic heterocycles. The lowest BCUT2D eigenvalue weighted by atomic mass is 10.1. The molecule has 4 heteroatoms. The second-order valence-electron chi connectivity index (χ2n) is 5.09. The van der Waals surface area contributed by atoms with Crippen molar-refractivity contribution in [2.24, 2.45) is 5.73 Å². The summed E-state index contributed by atoms with van der Waals surface area (Å²) in [6.45, 7) is 2.60. The fourth-order valence-corrected chi connectivity index (χ4v) is 2.82. The lowest BCUT2D eigenvalue weighted by Gasteiger charge is -2.18. The molecule has 2 aromatic carbocycles. The zero-order valence-corrected chi connectivity index (χ0v) is 12.7. The van der Waals surface area contributed by atoms with Crippen LogP contribution in [0.25, 0.3) is 0 Å². The first-order valence-electron chi connectivity index (χ1n) is 6.48. The Labute approximate surface area is 126 Å². The van der Waals surface area contributed by atoms with Gasteiger partial charge >= 0.3 is 0 Å². The zero-order chi connectivity index (χ0) is 14.3. The number of hydrogen-bond acceptors (Lipinski definition) is 2. The van der Waals surface area contributed by atoms with Crippen molar-refractivity contribution >= 4 is 27.5 Å². The molecule has 0 bridgehead atoms. The monoisotopic (exact) mass is 330 g/mol. The zero-order valence-electron chi connectivity index (χ0n) is 11.1. The number of benzene rings is 2. The van der Waals surface area contributed by atoms with Gasteiger partial charge in [0.25, 0.3) is 0 Å². The third-order valence-electron chi connectivity index (χ3n) is 3.61. The Morgan fingerprint density at radius 2 is 1.90 bits per heavy atom. The van der Waals surface area contributed by atoms with E-state index in [9.17, 15) is 4.79 Å². The number of aryl methyl sites for hydroxylation is 1. The summed E-state index contributed by atoms with van der Waals surface area (Å²) in [6, 6.07) is 13.4. The van der Waals surface area contributed by atoms with Gasteiger partial charge in [-0.1, -0.05) is 51.8 Å². The van der Waals surface area contributed by atoms with Crippen LogP contribution in [-0.2, 0) is 11.3 Å². The third-order valence-corrected chi connectivity index (χ3v) is 4.10. The van der Waals surface area contributed by atoms with E-state index in [1.807, 2.05) is 37.3 Å². The van der Waals surface area contributed by atoms with Crippen molar-refractivity contribution in [3.63, 3.8) is 0 Å². The van der Waals surface area contributed by atoms with Crippen LogP contribution in [0.3, 0.4) is 0 Å². The summed E-state index contributed by atoms with van der Waals surface area (Å²) < 4.78 is 0.951. The van der Waals surface area contributed by atoms with Gasteiger partial charge in [0.15, 0.2) is 0 Å². The lowest BCUT2D eigenvalue weighted by Crippen LogP contribution is -2.31. The minimum absolute atomic E-state index is 0.0429. The Balaban J connectivity index is 1.96. The molecule has 20 heavy (non-hydrogen) atoms. The van der Waals surface area contributed by atoms with Crippen LogP contribution in [0.5, 0.6) is 0 Å². The molecular formula is C16H15BrN2O. The number of amides is 1. The van der Waals surface area contributed by atoms with Gasteiger partial charge in [0.1, 0.15) is 6.04 Å². The molecule has 1 heterocycles. The van der Waals surface area contributed by atoms with E-state index in [2.05, 4.69) is 28.1 Å². The summed E-state index contributed by atoms with van der Waals surface area (Å²) in [6.07, 6.45) is 0. The number of halogens is 1. The van der Waals surface area contributed by atoms with Crippen LogP contribution in [0, 0.1) is 6.92 Å². The molecule has 3 rings (SSSR count). The van der Waals surface area contributed by atoms with Crippen LogP contribution < -0.4 is 10.6 Å². The Morgan fingerprint density at radius 3 is 2.60 bits per heavy atom. The maximum Gasteiger partial charge on any atom is 0.248 e. The molecule has 0 saturated heterocycles. The average Bonchev–Trinajstić information content (AvgIpc) is 2.66. The minimum Gasteiger partial charge on any atom is -0.316 e. The molecule has 0 radical (unpaired) electrons. The number of nitrogens with zero attached hydrogens (tertiary/aromatic N) is 1. The second-order valence-corrected chi connectivity index (χ2v) is 6.01. The number of carbonyl (C=O) groups excluding carboxylic acids is 1. The van der Waals surface area contributed by atoms with Gasteiger partial charge in [0.2, 0.25) is 5.91 Å². The Morgan fingerprint density at radius 1 is 1.20 bits per heavy atom. The van der Waals surface area contributed by atoms with Gasteiger partial charge in [0, 0.05) is 10.0 Å². The molecule has 1 aliphatic heterocycles. The SMILES string of the molecule is Cc1ccc(CN2C(=O)C(N)c3ccc(Br)cc32)cc1. The number of anilines is 1. The van der Waals surface area contributed by atoms with Gasteiger partial charge < -0.3 is 10.6 Å². The molecule has 0 aliphatic carbocycles. The molecule has 3 nitrogen and oxygen atoms in total. The highest BCUT2D eigenvalue weighted by molar-refractivity contribution is 9.10. The smallest absolute Gasteiger partial charge is 0.248 e. The normalized spacial score (nSPS) is 17.4. The summed E-state index contributed by atoms with van der Waals surface area (Å²) in [5, 5.41) is 0. The summed E-state index contributed by atoms with van der Waals surface area (Å²) in [7, 11) is 0. The average molecular weight is 331 g/mol. The van der Waals surface area contributed by atoms with Crippen molar-refractivity contribution < 1.29 is 4.79 Å². The summed E-state index contributed by atoms with van der Waals surface area (Å²) in [5.41, 5.74) is 10.1. The Hall–Kier alpha value is -1.65. The van der Waals surface area contributed by atoms with E-state index in [1.165, 1.54) is 5.56 Å². The topological polar surface area (TPSA) is 46.3 Å². The number of hydrogen-bond donors (Lipinski definition) is 1. The lowest BCUT2D eigenvalue weighted by molar-refractivity contribution is -0.119. The minimum atomic E-state index is -0.552. The standard InChI is InChI=1S/C16H15BrN2O/c1-10-2-4-11(5-3-10)9-19-14-8-12(17)6-7-13(14)15(18)16(19)20/h2-8,15H,9,18H2,1H3. The van der Waals surface area contributed by atoms with Crippen LogP contribution in [-0.4, -0.2) is 5.91 Å². The predicted molar refractivity (Wildman–Crippen MR) is 83.4 cm³/mol. The summed E-state index contributed by atoms with van der Waals surface area (Å²) in [4.78, 5) is 14.1. The molecule has 102 valence electrons. The number of nitrogens with two attached hydrogens (primary N) is 1. The Kier molecular flexibility index (Phi) is 3.36. The fraction of sp³-hybridized carbons (Fsp3) is 0.188. The highest BCUT2D eigenvalue weighted by atomic mass is 79.9. The molecule has 0 saturated carbocycles. The second kappa shape index (κ2) is 5.04. The maximum atomic E-state index is 12.3. The van der Waals surface area contributed by atoms with Crippen molar-refractivity contribution in [3.05, 3.63) is 63.6 Å². The van der Waals surface area contributed by atoms with E-state index in [0.29, 0.717) is 6.54 Å². The van der Waals surface area contributed by atoms with Gasteiger partial charge in [-0.25, -0.2) is 0 Å². The van der Waals surface area contributed by atoms with Gasteiger partial charge in [-0.3, -0.25) is 4.79 Å². The van der Waals surface area contributed by atoms with Crippen LogP contribution >= 0.6 is 15.9 Å². The van der Waals surface area contributed by atoms with Crippen LogP contribution in [0.4, 0.5) is 5.69 Å². The highest BCUT2D eigenvalue weighted by Crippen LogP contribution is 2.37. The van der Waals surface area contributed by atoms with E-state index in [1.54, 1.807) is 4.90 Å².